The first kappa shape index (κ1) is 17.4. The SMILES string of the molecule is CCC(C)N(CC(=O)O)C(C)c1cccc(OC(F)F)c1. The van der Waals surface area contributed by atoms with Crippen molar-refractivity contribution < 1.29 is 23.4 Å². The number of carboxylic acids is 1. The van der Waals surface area contributed by atoms with Gasteiger partial charge >= 0.3 is 12.6 Å². The average Bonchev–Trinajstić information content (AvgIpc) is 2.42. The Morgan fingerprint density at radius 2 is 2.05 bits per heavy atom. The topological polar surface area (TPSA) is 49.8 Å². The molecule has 0 aliphatic carbocycles. The van der Waals surface area contributed by atoms with Crippen molar-refractivity contribution >= 4 is 5.97 Å². The van der Waals surface area contributed by atoms with Crippen molar-refractivity contribution in [1.29, 1.82) is 0 Å². The first-order chi connectivity index (χ1) is 9.85. The van der Waals surface area contributed by atoms with Gasteiger partial charge in [-0.2, -0.15) is 8.78 Å². The van der Waals surface area contributed by atoms with E-state index in [-0.39, 0.29) is 24.4 Å². The van der Waals surface area contributed by atoms with Gasteiger partial charge in [0.05, 0.1) is 6.54 Å². The summed E-state index contributed by atoms with van der Waals surface area (Å²) in [6.45, 7) is 2.80. The molecule has 0 aromatic heterocycles. The molecule has 6 heteroatoms. The van der Waals surface area contributed by atoms with E-state index < -0.39 is 12.6 Å². The van der Waals surface area contributed by atoms with E-state index in [1.165, 1.54) is 12.1 Å². The van der Waals surface area contributed by atoms with Crippen LogP contribution in [-0.2, 0) is 4.79 Å². The van der Waals surface area contributed by atoms with Gasteiger partial charge in [-0.05, 0) is 38.0 Å². The molecule has 1 rings (SSSR count). The lowest BCUT2D eigenvalue weighted by Gasteiger charge is -2.33. The van der Waals surface area contributed by atoms with Crippen molar-refractivity contribution in [1.82, 2.24) is 4.90 Å². The van der Waals surface area contributed by atoms with Gasteiger partial charge in [0.25, 0.3) is 0 Å². The summed E-state index contributed by atoms with van der Waals surface area (Å²) in [7, 11) is 0. The first-order valence-electron chi connectivity index (χ1n) is 6.87. The van der Waals surface area contributed by atoms with Crippen molar-refractivity contribution in [3.63, 3.8) is 0 Å². The van der Waals surface area contributed by atoms with Crippen molar-refractivity contribution in [2.75, 3.05) is 6.54 Å². The number of hydrogen-bond donors (Lipinski definition) is 1. The molecule has 2 unspecified atom stereocenters. The first-order valence-corrected chi connectivity index (χ1v) is 6.87. The lowest BCUT2D eigenvalue weighted by atomic mass is 10.0. The average molecular weight is 301 g/mol. The molecule has 0 fully saturated rings. The number of nitrogens with zero attached hydrogens (tertiary/aromatic N) is 1. The maximum Gasteiger partial charge on any atom is 0.387 e. The molecular formula is C15H21F2NO3. The van der Waals surface area contributed by atoms with Crippen molar-refractivity contribution in [2.24, 2.45) is 0 Å². The van der Waals surface area contributed by atoms with E-state index in [0.717, 1.165) is 12.0 Å². The van der Waals surface area contributed by atoms with Gasteiger partial charge in [0, 0.05) is 12.1 Å². The predicted octanol–water partition coefficient (Wildman–Crippen LogP) is 3.53. The highest BCUT2D eigenvalue weighted by Gasteiger charge is 2.23. The molecular weight excluding hydrogens is 280 g/mol. The fourth-order valence-electron chi connectivity index (χ4n) is 2.21. The van der Waals surface area contributed by atoms with Crippen LogP contribution in [0.15, 0.2) is 24.3 Å². The molecule has 0 heterocycles. The van der Waals surface area contributed by atoms with Gasteiger partial charge in [0.15, 0.2) is 0 Å². The Bertz CT molecular complexity index is 468. The molecule has 0 spiro atoms. The molecule has 21 heavy (non-hydrogen) atoms. The molecule has 0 bridgehead atoms. The predicted molar refractivity (Wildman–Crippen MR) is 75.6 cm³/mol. The number of alkyl halides is 2. The summed E-state index contributed by atoms with van der Waals surface area (Å²) in [6, 6.07) is 6.23. The number of benzene rings is 1. The Balaban J connectivity index is 2.96. The van der Waals surface area contributed by atoms with E-state index in [2.05, 4.69) is 4.74 Å². The van der Waals surface area contributed by atoms with Gasteiger partial charge in [0.2, 0.25) is 0 Å². The zero-order valence-electron chi connectivity index (χ0n) is 12.4. The minimum absolute atomic E-state index is 0.0655. The van der Waals surface area contributed by atoms with Crippen LogP contribution in [0.25, 0.3) is 0 Å². The third-order valence-electron chi connectivity index (χ3n) is 3.54. The number of carbonyl (C=O) groups is 1. The van der Waals surface area contributed by atoms with Crippen molar-refractivity contribution in [3.8, 4) is 5.75 Å². The second-order valence-electron chi connectivity index (χ2n) is 4.95. The Hall–Kier alpha value is -1.69. The lowest BCUT2D eigenvalue weighted by Crippen LogP contribution is -2.39. The fraction of sp³-hybridized carbons (Fsp3) is 0.533. The molecule has 0 saturated carbocycles. The summed E-state index contributed by atoms with van der Waals surface area (Å²) >= 11 is 0. The molecule has 0 saturated heterocycles. The summed E-state index contributed by atoms with van der Waals surface area (Å²) in [5.74, 6) is -0.837. The van der Waals surface area contributed by atoms with Crippen LogP contribution in [0, 0.1) is 0 Å². The summed E-state index contributed by atoms with van der Waals surface area (Å²) in [5, 5.41) is 9.03. The third kappa shape index (κ3) is 5.30. The van der Waals surface area contributed by atoms with Crippen LogP contribution in [0.3, 0.4) is 0 Å². The second kappa shape index (κ2) is 7.93. The van der Waals surface area contributed by atoms with E-state index in [0.29, 0.717) is 0 Å². The minimum atomic E-state index is -2.87. The van der Waals surface area contributed by atoms with Gasteiger partial charge in [-0.15, -0.1) is 0 Å². The molecule has 118 valence electrons. The highest BCUT2D eigenvalue weighted by Crippen LogP contribution is 2.26. The normalized spacial score (nSPS) is 14.2. The molecule has 0 amide bonds. The highest BCUT2D eigenvalue weighted by atomic mass is 19.3. The number of hydrogen-bond acceptors (Lipinski definition) is 3. The molecule has 0 aliphatic rings. The number of carboxylic acid groups (broad SMARTS) is 1. The maximum absolute atomic E-state index is 12.3. The van der Waals surface area contributed by atoms with Gasteiger partial charge in [0.1, 0.15) is 5.75 Å². The van der Waals surface area contributed by atoms with E-state index in [1.54, 1.807) is 12.1 Å². The largest absolute Gasteiger partial charge is 0.480 e. The van der Waals surface area contributed by atoms with E-state index in [9.17, 15) is 13.6 Å². The van der Waals surface area contributed by atoms with Gasteiger partial charge in [-0.3, -0.25) is 9.69 Å². The molecule has 0 radical (unpaired) electrons. The Kier molecular flexibility index (Phi) is 6.55. The molecule has 0 aliphatic heterocycles. The van der Waals surface area contributed by atoms with Crippen LogP contribution in [0.4, 0.5) is 8.78 Å². The van der Waals surface area contributed by atoms with Gasteiger partial charge in [-0.25, -0.2) is 0 Å². The van der Waals surface area contributed by atoms with E-state index >= 15 is 0 Å². The van der Waals surface area contributed by atoms with E-state index in [4.69, 9.17) is 5.11 Å². The number of rotatable bonds is 8. The van der Waals surface area contributed by atoms with Gasteiger partial charge in [-0.1, -0.05) is 19.1 Å². The summed E-state index contributed by atoms with van der Waals surface area (Å²) in [4.78, 5) is 12.8. The van der Waals surface area contributed by atoms with Crippen LogP contribution < -0.4 is 4.74 Å². The third-order valence-corrected chi connectivity index (χ3v) is 3.54. The van der Waals surface area contributed by atoms with Crippen LogP contribution in [0.1, 0.15) is 38.8 Å². The Morgan fingerprint density at radius 1 is 1.38 bits per heavy atom. The second-order valence-corrected chi connectivity index (χ2v) is 4.95. The molecule has 2 atom stereocenters. The van der Waals surface area contributed by atoms with E-state index in [1.807, 2.05) is 25.7 Å². The molecule has 1 aromatic rings. The highest BCUT2D eigenvalue weighted by molar-refractivity contribution is 5.69. The van der Waals surface area contributed by atoms with Crippen LogP contribution >= 0.6 is 0 Å². The van der Waals surface area contributed by atoms with Crippen molar-refractivity contribution in [2.45, 2.75) is 45.9 Å². The quantitative estimate of drug-likeness (QED) is 0.798. The Morgan fingerprint density at radius 3 is 2.57 bits per heavy atom. The minimum Gasteiger partial charge on any atom is -0.480 e. The molecule has 4 nitrogen and oxygen atoms in total. The zero-order chi connectivity index (χ0) is 16.0. The standard InChI is InChI=1S/C15H21F2NO3/c1-4-10(2)18(9-14(19)20)11(3)12-6-5-7-13(8-12)21-15(16)17/h5-8,10-11,15H,4,9H2,1-3H3,(H,19,20). The van der Waals surface area contributed by atoms with Crippen LogP contribution in [0.5, 0.6) is 5.75 Å². The fourth-order valence-corrected chi connectivity index (χ4v) is 2.21. The smallest absolute Gasteiger partial charge is 0.387 e. The summed E-state index contributed by atoms with van der Waals surface area (Å²) in [6.07, 6.45) is 0.796. The summed E-state index contributed by atoms with van der Waals surface area (Å²) in [5.41, 5.74) is 0.745. The van der Waals surface area contributed by atoms with Crippen LogP contribution in [-0.4, -0.2) is 35.2 Å². The number of halogens is 2. The van der Waals surface area contributed by atoms with Gasteiger partial charge < -0.3 is 9.84 Å². The zero-order valence-corrected chi connectivity index (χ0v) is 12.4. The summed E-state index contributed by atoms with van der Waals surface area (Å²) < 4.78 is 28.9. The molecule has 1 N–H and O–H groups in total. The molecule has 1 aromatic carbocycles. The maximum atomic E-state index is 12.3. The lowest BCUT2D eigenvalue weighted by molar-refractivity contribution is -0.139. The Labute approximate surface area is 123 Å². The van der Waals surface area contributed by atoms with Crippen molar-refractivity contribution in [3.05, 3.63) is 29.8 Å². The van der Waals surface area contributed by atoms with Crippen LogP contribution in [0.2, 0.25) is 0 Å². The number of aliphatic carboxylic acids is 1. The number of ether oxygens (including phenoxy) is 1. The monoisotopic (exact) mass is 301 g/mol.